The molecule has 0 bridgehead atoms. The van der Waals surface area contributed by atoms with Crippen LogP contribution in [-0.2, 0) is 12.8 Å². The molecule has 0 spiro atoms. The predicted molar refractivity (Wildman–Crippen MR) is 97.7 cm³/mol. The number of fused-ring (bicyclic) bond motifs is 2. The molecule has 1 N–H and O–H groups in total. The summed E-state index contributed by atoms with van der Waals surface area (Å²) in [6.07, 6.45) is 4.09. The van der Waals surface area contributed by atoms with Crippen molar-refractivity contribution in [3.63, 3.8) is 0 Å². The van der Waals surface area contributed by atoms with Gasteiger partial charge in [-0.15, -0.1) is 0 Å². The highest BCUT2D eigenvalue weighted by molar-refractivity contribution is 5.96. The number of pyridine rings is 1. The van der Waals surface area contributed by atoms with E-state index in [0.29, 0.717) is 17.9 Å². The molecule has 1 fully saturated rings. The minimum absolute atomic E-state index is 0.00853. The van der Waals surface area contributed by atoms with E-state index in [1.54, 1.807) is 14.2 Å². The van der Waals surface area contributed by atoms with Gasteiger partial charge in [0.2, 0.25) is 5.92 Å². The van der Waals surface area contributed by atoms with Crippen LogP contribution < -0.4 is 14.8 Å². The van der Waals surface area contributed by atoms with Gasteiger partial charge in [-0.1, -0.05) is 0 Å². The summed E-state index contributed by atoms with van der Waals surface area (Å²) in [6.45, 7) is 0. The molecule has 6 heteroatoms. The fourth-order valence-corrected chi connectivity index (χ4v) is 4.25. The SMILES string of the molecule is COc1cc2nc3c(c(N[C@H]4CCCC(F)(F)C4)c2cc1OC)CCC3. The van der Waals surface area contributed by atoms with Gasteiger partial charge in [-0.2, -0.15) is 0 Å². The lowest BCUT2D eigenvalue weighted by molar-refractivity contribution is -0.0373. The second-order valence-electron chi connectivity index (χ2n) is 7.28. The zero-order valence-corrected chi connectivity index (χ0v) is 15.2. The molecule has 0 radical (unpaired) electrons. The lowest BCUT2D eigenvalue weighted by atomic mass is 9.91. The first kappa shape index (κ1) is 17.3. The lowest BCUT2D eigenvalue weighted by Crippen LogP contribution is -2.34. The standard InChI is InChI=1S/C20H24F2N2O2/c1-25-17-9-14-16(10-18(17)26-2)24-15-7-3-6-13(15)19(14)23-12-5-4-8-20(21,22)11-12/h9-10,12H,3-8,11H2,1-2H3,(H,23,24)/t12-/m0/s1. The summed E-state index contributed by atoms with van der Waals surface area (Å²) in [5.74, 6) is -1.33. The van der Waals surface area contributed by atoms with Crippen LogP contribution in [0, 0.1) is 0 Å². The average Bonchev–Trinajstić information content (AvgIpc) is 3.08. The van der Waals surface area contributed by atoms with Gasteiger partial charge in [0.05, 0.1) is 19.7 Å². The number of aryl methyl sites for hydroxylation is 1. The molecule has 0 unspecified atom stereocenters. The van der Waals surface area contributed by atoms with Crippen LogP contribution in [0.5, 0.6) is 11.5 Å². The van der Waals surface area contributed by atoms with Crippen molar-refractivity contribution in [2.24, 2.45) is 0 Å². The highest BCUT2D eigenvalue weighted by Crippen LogP contribution is 2.41. The van der Waals surface area contributed by atoms with Crippen LogP contribution in [0.15, 0.2) is 12.1 Å². The van der Waals surface area contributed by atoms with Gasteiger partial charge >= 0.3 is 0 Å². The van der Waals surface area contributed by atoms with E-state index >= 15 is 0 Å². The summed E-state index contributed by atoms with van der Waals surface area (Å²) < 4.78 is 38.6. The summed E-state index contributed by atoms with van der Waals surface area (Å²) >= 11 is 0. The Morgan fingerprint density at radius 2 is 1.88 bits per heavy atom. The number of benzene rings is 1. The molecule has 0 aliphatic heterocycles. The Morgan fingerprint density at radius 1 is 1.12 bits per heavy atom. The van der Waals surface area contributed by atoms with Crippen molar-refractivity contribution >= 4 is 16.6 Å². The summed E-state index contributed by atoms with van der Waals surface area (Å²) in [5, 5.41) is 4.37. The maximum absolute atomic E-state index is 13.9. The summed E-state index contributed by atoms with van der Waals surface area (Å²) in [6, 6.07) is 3.55. The molecule has 140 valence electrons. The van der Waals surface area contributed by atoms with Crippen molar-refractivity contribution in [2.45, 2.75) is 56.9 Å². The van der Waals surface area contributed by atoms with Gasteiger partial charge in [0.25, 0.3) is 0 Å². The number of halogens is 2. The smallest absolute Gasteiger partial charge is 0.250 e. The van der Waals surface area contributed by atoms with Crippen LogP contribution in [0.25, 0.3) is 10.9 Å². The molecule has 4 nitrogen and oxygen atoms in total. The third kappa shape index (κ3) is 3.06. The third-order valence-corrected chi connectivity index (χ3v) is 5.51. The minimum Gasteiger partial charge on any atom is -0.493 e. The second-order valence-corrected chi connectivity index (χ2v) is 7.28. The topological polar surface area (TPSA) is 43.4 Å². The van der Waals surface area contributed by atoms with E-state index in [-0.39, 0.29) is 18.9 Å². The highest BCUT2D eigenvalue weighted by atomic mass is 19.3. The molecule has 1 heterocycles. The molecule has 1 atom stereocenters. The second kappa shape index (κ2) is 6.56. The molecule has 1 aromatic heterocycles. The molecule has 2 aliphatic rings. The molecule has 26 heavy (non-hydrogen) atoms. The fourth-order valence-electron chi connectivity index (χ4n) is 4.25. The Labute approximate surface area is 151 Å². The van der Waals surface area contributed by atoms with Crippen molar-refractivity contribution in [1.82, 2.24) is 4.98 Å². The van der Waals surface area contributed by atoms with Crippen LogP contribution in [0.1, 0.15) is 43.4 Å². The number of rotatable bonds is 4. The summed E-state index contributed by atoms with van der Waals surface area (Å²) in [4.78, 5) is 4.80. The Balaban J connectivity index is 1.81. The van der Waals surface area contributed by atoms with Gasteiger partial charge in [-0.3, -0.25) is 4.98 Å². The number of alkyl halides is 2. The first-order chi connectivity index (χ1) is 12.5. The third-order valence-electron chi connectivity index (χ3n) is 5.51. The Bertz CT molecular complexity index is 838. The van der Waals surface area contributed by atoms with E-state index in [0.717, 1.165) is 48.0 Å². The van der Waals surface area contributed by atoms with E-state index in [2.05, 4.69) is 5.32 Å². The van der Waals surface area contributed by atoms with Gasteiger partial charge in [0.15, 0.2) is 11.5 Å². The Morgan fingerprint density at radius 3 is 2.62 bits per heavy atom. The first-order valence-electron chi connectivity index (χ1n) is 9.22. The number of hydrogen-bond donors (Lipinski definition) is 1. The number of methoxy groups -OCH3 is 2. The van der Waals surface area contributed by atoms with E-state index in [9.17, 15) is 8.78 Å². The lowest BCUT2D eigenvalue weighted by Gasteiger charge is -2.31. The van der Waals surface area contributed by atoms with E-state index in [1.807, 2.05) is 12.1 Å². The van der Waals surface area contributed by atoms with Gasteiger partial charge in [-0.25, -0.2) is 8.78 Å². The molecular weight excluding hydrogens is 338 g/mol. The quantitative estimate of drug-likeness (QED) is 0.854. The fraction of sp³-hybridized carbons (Fsp3) is 0.550. The van der Waals surface area contributed by atoms with Crippen LogP contribution in [0.2, 0.25) is 0 Å². The van der Waals surface area contributed by atoms with E-state index < -0.39 is 5.92 Å². The number of hydrogen-bond acceptors (Lipinski definition) is 4. The first-order valence-corrected chi connectivity index (χ1v) is 9.22. The van der Waals surface area contributed by atoms with Gasteiger partial charge in [-0.05, 0) is 43.7 Å². The molecular formula is C20H24F2N2O2. The number of aromatic nitrogens is 1. The van der Waals surface area contributed by atoms with Gasteiger partial charge < -0.3 is 14.8 Å². The molecule has 1 saturated carbocycles. The Hall–Kier alpha value is -2.11. The van der Waals surface area contributed by atoms with Crippen molar-refractivity contribution in [2.75, 3.05) is 19.5 Å². The number of nitrogens with one attached hydrogen (secondary N) is 1. The molecule has 0 amide bonds. The summed E-state index contributed by atoms with van der Waals surface area (Å²) in [7, 11) is 3.19. The van der Waals surface area contributed by atoms with Crippen molar-refractivity contribution < 1.29 is 18.3 Å². The van der Waals surface area contributed by atoms with Crippen molar-refractivity contribution in [3.05, 3.63) is 23.4 Å². The summed E-state index contributed by atoms with van der Waals surface area (Å²) in [5.41, 5.74) is 3.99. The van der Waals surface area contributed by atoms with E-state index in [1.165, 1.54) is 5.56 Å². The molecule has 2 aromatic rings. The number of anilines is 1. The monoisotopic (exact) mass is 362 g/mol. The Kier molecular flexibility index (Phi) is 4.37. The maximum Gasteiger partial charge on any atom is 0.250 e. The van der Waals surface area contributed by atoms with Crippen LogP contribution in [0.4, 0.5) is 14.5 Å². The maximum atomic E-state index is 13.9. The van der Waals surface area contributed by atoms with E-state index in [4.69, 9.17) is 14.5 Å². The normalized spacial score (nSPS) is 21.5. The number of ether oxygens (including phenoxy) is 2. The zero-order chi connectivity index (χ0) is 18.3. The minimum atomic E-state index is -2.58. The molecule has 2 aliphatic carbocycles. The van der Waals surface area contributed by atoms with Crippen LogP contribution in [0.3, 0.4) is 0 Å². The van der Waals surface area contributed by atoms with Crippen LogP contribution >= 0.6 is 0 Å². The molecule has 1 aromatic carbocycles. The highest BCUT2D eigenvalue weighted by Gasteiger charge is 2.37. The number of nitrogens with zero attached hydrogens (tertiary/aromatic N) is 1. The predicted octanol–water partition coefficient (Wildman–Crippen LogP) is 4.73. The molecule has 0 saturated heterocycles. The average molecular weight is 362 g/mol. The molecule has 4 rings (SSSR count). The van der Waals surface area contributed by atoms with Crippen LogP contribution in [-0.4, -0.2) is 31.2 Å². The largest absolute Gasteiger partial charge is 0.493 e. The van der Waals surface area contributed by atoms with Crippen molar-refractivity contribution in [3.8, 4) is 11.5 Å². The van der Waals surface area contributed by atoms with Gasteiger partial charge in [0.1, 0.15) is 0 Å². The zero-order valence-electron chi connectivity index (χ0n) is 15.2. The van der Waals surface area contributed by atoms with Gasteiger partial charge in [0, 0.05) is 41.7 Å². The van der Waals surface area contributed by atoms with Crippen molar-refractivity contribution in [1.29, 1.82) is 0 Å².